The summed E-state index contributed by atoms with van der Waals surface area (Å²) in [5.74, 6) is -0.0462. The van der Waals surface area contributed by atoms with Gasteiger partial charge in [0.25, 0.3) is 0 Å². The summed E-state index contributed by atoms with van der Waals surface area (Å²) in [5.41, 5.74) is 0.568. The zero-order chi connectivity index (χ0) is 21.8. The molecule has 2 fully saturated rings. The van der Waals surface area contributed by atoms with Gasteiger partial charge in [-0.25, -0.2) is 4.39 Å². The van der Waals surface area contributed by atoms with Gasteiger partial charge in [-0.3, -0.25) is 4.90 Å². The Labute approximate surface area is 175 Å². The smallest absolute Gasteiger partial charge is 0.399 e. The number of likely N-dealkylation sites (N-methyl/N-ethyl adjacent to an activating group) is 1. The van der Waals surface area contributed by atoms with Gasteiger partial charge in [0.1, 0.15) is 12.1 Å². The van der Waals surface area contributed by atoms with Crippen LogP contribution in [-0.4, -0.2) is 67.6 Å². The Bertz CT molecular complexity index is 673. The number of carbonyl (C=O) groups excluding carboxylic acids is 1. The molecule has 2 heterocycles. The highest BCUT2D eigenvalue weighted by molar-refractivity contribution is 6.62. The third-order valence-electron chi connectivity index (χ3n) is 5.85. The maximum absolute atomic E-state index is 14.6. The summed E-state index contributed by atoms with van der Waals surface area (Å²) in [6.07, 6.45) is 0.917. The Kier molecular flexibility index (Phi) is 8.02. The zero-order valence-electron chi connectivity index (χ0n) is 19.0. The van der Waals surface area contributed by atoms with Crippen molar-refractivity contribution in [1.82, 2.24) is 9.80 Å². The van der Waals surface area contributed by atoms with Crippen molar-refractivity contribution >= 4 is 18.9 Å². The Balaban J connectivity index is 0.000000537. The minimum absolute atomic E-state index is 0.204. The molecule has 29 heavy (non-hydrogen) atoms. The summed E-state index contributed by atoms with van der Waals surface area (Å²) in [7, 11) is 1.49. The van der Waals surface area contributed by atoms with Gasteiger partial charge in [0.15, 0.2) is 0 Å². The van der Waals surface area contributed by atoms with Gasteiger partial charge in [-0.2, -0.15) is 0 Å². The van der Waals surface area contributed by atoms with Crippen LogP contribution >= 0.6 is 0 Å². The average molecular weight is 406 g/mol. The molecular weight excluding hydrogens is 370 g/mol. The molecule has 2 aliphatic heterocycles. The van der Waals surface area contributed by atoms with Crippen LogP contribution in [0.2, 0.25) is 0 Å². The van der Waals surface area contributed by atoms with E-state index in [9.17, 15) is 9.18 Å². The fourth-order valence-electron chi connectivity index (χ4n) is 3.09. The third-order valence-corrected chi connectivity index (χ3v) is 5.85. The highest BCUT2D eigenvalue weighted by atomic mass is 19.1. The average Bonchev–Trinajstić information content (AvgIpc) is 2.85. The van der Waals surface area contributed by atoms with Gasteiger partial charge in [-0.15, -0.1) is 0 Å². The van der Waals surface area contributed by atoms with Crippen molar-refractivity contribution in [1.29, 1.82) is 0 Å². The Morgan fingerprint density at radius 2 is 1.62 bits per heavy atom. The van der Waals surface area contributed by atoms with E-state index in [4.69, 9.17) is 9.31 Å². The van der Waals surface area contributed by atoms with Gasteiger partial charge in [-0.1, -0.05) is 26.0 Å². The second kappa shape index (κ2) is 9.69. The molecule has 1 aromatic carbocycles. The monoisotopic (exact) mass is 406 g/mol. The predicted octanol–water partition coefficient (Wildman–Crippen LogP) is 2.71. The molecule has 2 saturated heterocycles. The van der Waals surface area contributed by atoms with Crippen molar-refractivity contribution in [3.05, 3.63) is 29.6 Å². The normalized spacial score (nSPS) is 21.8. The van der Waals surface area contributed by atoms with Crippen LogP contribution in [-0.2, 0) is 20.6 Å². The number of hydrogen-bond acceptors (Lipinski definition) is 5. The van der Waals surface area contributed by atoms with E-state index in [2.05, 4.69) is 16.8 Å². The topological polar surface area (TPSA) is 42.0 Å². The van der Waals surface area contributed by atoms with E-state index in [1.807, 2.05) is 53.7 Å². The van der Waals surface area contributed by atoms with E-state index in [0.717, 1.165) is 44.6 Å². The molecule has 3 rings (SSSR count). The number of rotatable bonds is 4. The van der Waals surface area contributed by atoms with E-state index in [0.29, 0.717) is 5.46 Å². The molecule has 0 saturated carbocycles. The molecule has 5 nitrogen and oxygen atoms in total. The number of benzene rings is 1. The molecule has 0 radical (unpaired) electrons. The van der Waals surface area contributed by atoms with Crippen molar-refractivity contribution in [3.8, 4) is 0 Å². The lowest BCUT2D eigenvalue weighted by Gasteiger charge is -2.32. The second-order valence-corrected chi connectivity index (χ2v) is 9.40. The van der Waals surface area contributed by atoms with Gasteiger partial charge >= 0.3 is 7.12 Å². The Hall–Kier alpha value is -1.28. The lowest BCUT2D eigenvalue weighted by molar-refractivity contribution is -0.110. The van der Waals surface area contributed by atoms with Gasteiger partial charge < -0.3 is 19.0 Å². The van der Waals surface area contributed by atoms with Crippen LogP contribution < -0.4 is 5.46 Å². The molecule has 7 heteroatoms. The van der Waals surface area contributed by atoms with Crippen LogP contribution in [0.3, 0.4) is 0 Å². The van der Waals surface area contributed by atoms with Gasteiger partial charge in [0, 0.05) is 44.1 Å². The summed E-state index contributed by atoms with van der Waals surface area (Å²) in [6.45, 7) is 16.6. The molecule has 0 amide bonds. The molecule has 162 valence electrons. The van der Waals surface area contributed by atoms with Gasteiger partial charge in [0.05, 0.1) is 11.2 Å². The number of carbonyl (C=O) groups is 1. The zero-order valence-corrected chi connectivity index (χ0v) is 19.0. The summed E-state index contributed by atoms with van der Waals surface area (Å²) in [4.78, 5) is 14.2. The molecular formula is C22H36BFN2O3. The summed E-state index contributed by atoms with van der Waals surface area (Å²) >= 11 is 0. The first-order valence-electron chi connectivity index (χ1n) is 10.5. The van der Waals surface area contributed by atoms with Crippen LogP contribution in [0.1, 0.15) is 47.1 Å². The SMILES string of the molecule is CC(C)C=O.CN1CCN(Cc2ccc(B3OC(C)(C)C(C)(C)O3)c(F)c2)CC1. The first-order chi connectivity index (χ1) is 13.4. The minimum Gasteiger partial charge on any atom is -0.399 e. The van der Waals surface area contributed by atoms with Gasteiger partial charge in [0.2, 0.25) is 0 Å². The highest BCUT2D eigenvalue weighted by Gasteiger charge is 2.52. The summed E-state index contributed by atoms with van der Waals surface area (Å²) in [5, 5.41) is 0. The maximum atomic E-state index is 14.6. The number of hydrogen-bond donors (Lipinski definition) is 0. The van der Waals surface area contributed by atoms with Crippen molar-refractivity contribution < 1.29 is 18.5 Å². The van der Waals surface area contributed by atoms with E-state index < -0.39 is 18.3 Å². The van der Waals surface area contributed by atoms with Crippen LogP contribution in [0.4, 0.5) is 4.39 Å². The maximum Gasteiger partial charge on any atom is 0.497 e. The van der Waals surface area contributed by atoms with Crippen LogP contribution in [0.5, 0.6) is 0 Å². The third kappa shape index (κ3) is 6.35. The van der Waals surface area contributed by atoms with E-state index in [-0.39, 0.29) is 11.7 Å². The number of nitrogens with zero attached hydrogens (tertiary/aromatic N) is 2. The molecule has 2 aliphatic rings. The Morgan fingerprint density at radius 3 is 2.07 bits per heavy atom. The van der Waals surface area contributed by atoms with Gasteiger partial charge in [-0.05, 0) is 46.4 Å². The predicted molar refractivity (Wildman–Crippen MR) is 116 cm³/mol. The minimum atomic E-state index is -0.646. The van der Waals surface area contributed by atoms with E-state index in [1.54, 1.807) is 6.07 Å². The fourth-order valence-corrected chi connectivity index (χ4v) is 3.09. The quantitative estimate of drug-likeness (QED) is 0.568. The molecule has 0 bridgehead atoms. The Morgan fingerprint density at radius 1 is 1.10 bits per heavy atom. The van der Waals surface area contributed by atoms with Crippen molar-refractivity contribution in [2.45, 2.75) is 59.3 Å². The molecule has 0 aliphatic carbocycles. The lowest BCUT2D eigenvalue weighted by Crippen LogP contribution is -2.44. The van der Waals surface area contributed by atoms with Crippen molar-refractivity contribution in [2.75, 3.05) is 33.2 Å². The van der Waals surface area contributed by atoms with Crippen LogP contribution in [0, 0.1) is 11.7 Å². The first-order valence-corrected chi connectivity index (χ1v) is 10.5. The molecule has 0 atom stereocenters. The lowest BCUT2D eigenvalue weighted by atomic mass is 9.78. The van der Waals surface area contributed by atoms with Crippen molar-refractivity contribution in [2.24, 2.45) is 5.92 Å². The molecule has 0 N–H and O–H groups in total. The number of piperazine rings is 1. The summed E-state index contributed by atoms with van der Waals surface area (Å²) in [6, 6.07) is 5.42. The molecule has 0 spiro atoms. The van der Waals surface area contributed by atoms with Crippen molar-refractivity contribution in [3.63, 3.8) is 0 Å². The standard InChI is InChI=1S/C18H28BFN2O2.C4H8O/c1-17(2)18(3,4)24-19(23-17)15-7-6-14(12-16(15)20)13-22-10-8-21(5)9-11-22;1-4(2)3-5/h6-7,12H,8-11,13H2,1-5H3;3-4H,1-2H3. The highest BCUT2D eigenvalue weighted by Crippen LogP contribution is 2.36. The van der Waals surface area contributed by atoms with E-state index in [1.165, 1.54) is 0 Å². The number of halogens is 1. The second-order valence-electron chi connectivity index (χ2n) is 9.40. The summed E-state index contributed by atoms with van der Waals surface area (Å²) < 4.78 is 26.5. The molecule has 0 aromatic heterocycles. The number of aldehydes is 1. The van der Waals surface area contributed by atoms with E-state index >= 15 is 0 Å². The van der Waals surface area contributed by atoms with Crippen LogP contribution in [0.25, 0.3) is 0 Å². The molecule has 1 aromatic rings. The first kappa shape index (κ1) is 24.0. The molecule has 0 unspecified atom stereocenters. The fraction of sp³-hybridized carbons (Fsp3) is 0.682. The largest absolute Gasteiger partial charge is 0.497 e. The van der Waals surface area contributed by atoms with Crippen LogP contribution in [0.15, 0.2) is 18.2 Å².